The van der Waals surface area contributed by atoms with Crippen molar-refractivity contribution in [3.63, 3.8) is 0 Å². The van der Waals surface area contributed by atoms with Gasteiger partial charge < -0.3 is 4.90 Å². The smallest absolute Gasteiger partial charge is 0.254 e. The number of benzene rings is 1. The topological polar surface area (TPSA) is 20.3 Å². The molecule has 0 unspecified atom stereocenters. The fraction of sp³-hybridized carbons (Fsp3) is 0.562. The van der Waals surface area contributed by atoms with Crippen molar-refractivity contribution in [3.05, 3.63) is 34.9 Å². The van der Waals surface area contributed by atoms with E-state index in [1.165, 1.54) is 24.8 Å². The molecule has 0 radical (unpaired) electrons. The Kier molecular flexibility index (Phi) is 5.03. The molecule has 19 heavy (non-hydrogen) atoms. The van der Waals surface area contributed by atoms with E-state index in [4.69, 9.17) is 0 Å². The number of hydrogen-bond donors (Lipinski definition) is 0. The Morgan fingerprint density at radius 2 is 2.11 bits per heavy atom. The molecule has 0 spiro atoms. The monoisotopic (exact) mass is 323 g/mol. The molecule has 1 amide bonds. The lowest BCUT2D eigenvalue weighted by molar-refractivity contribution is 0.0580. The van der Waals surface area contributed by atoms with Crippen LogP contribution < -0.4 is 0 Å². The predicted octanol–water partition coefficient (Wildman–Crippen LogP) is 4.08. The Labute approximate surface area is 124 Å². The van der Waals surface area contributed by atoms with Crippen LogP contribution >= 0.6 is 15.9 Å². The molecule has 1 aromatic carbocycles. The fourth-order valence-corrected chi connectivity index (χ4v) is 2.77. The van der Waals surface area contributed by atoms with Crippen LogP contribution in [0.1, 0.15) is 47.2 Å². The van der Waals surface area contributed by atoms with Crippen LogP contribution in [0, 0.1) is 13.8 Å². The normalized spacial score (nSPS) is 15.1. The Bertz CT molecular complexity index is 454. The van der Waals surface area contributed by atoms with Gasteiger partial charge in [-0.3, -0.25) is 4.79 Å². The number of hydrogen-bond acceptors (Lipinski definition) is 1. The lowest BCUT2D eigenvalue weighted by atomic mass is 9.90. The van der Waals surface area contributed by atoms with Crippen molar-refractivity contribution in [2.75, 3.05) is 11.9 Å². The Morgan fingerprint density at radius 3 is 2.68 bits per heavy atom. The second kappa shape index (κ2) is 6.56. The number of aryl methyl sites for hydroxylation is 1. The van der Waals surface area contributed by atoms with E-state index in [1.807, 2.05) is 19.1 Å². The van der Waals surface area contributed by atoms with Crippen molar-refractivity contribution in [2.24, 2.45) is 0 Å². The number of carbonyl (C=O) groups is 1. The molecule has 0 N–H and O–H groups in total. The zero-order chi connectivity index (χ0) is 13.8. The van der Waals surface area contributed by atoms with E-state index >= 15 is 0 Å². The highest BCUT2D eigenvalue weighted by Gasteiger charge is 2.29. The van der Waals surface area contributed by atoms with Crippen molar-refractivity contribution < 1.29 is 4.79 Å². The van der Waals surface area contributed by atoms with E-state index in [1.54, 1.807) is 0 Å². The molecule has 0 bridgehead atoms. The minimum absolute atomic E-state index is 0.215. The summed E-state index contributed by atoms with van der Waals surface area (Å²) in [6.07, 6.45) is 4.61. The summed E-state index contributed by atoms with van der Waals surface area (Å²) >= 11 is 3.46. The second-order valence-corrected chi connectivity index (χ2v) is 6.17. The van der Waals surface area contributed by atoms with E-state index in [-0.39, 0.29) is 5.91 Å². The predicted molar refractivity (Wildman–Crippen MR) is 83.0 cm³/mol. The van der Waals surface area contributed by atoms with Crippen molar-refractivity contribution in [2.45, 2.75) is 45.6 Å². The Hall–Kier alpha value is -0.830. The largest absolute Gasteiger partial charge is 0.336 e. The highest BCUT2D eigenvalue weighted by molar-refractivity contribution is 9.09. The maximum atomic E-state index is 12.8. The molecule has 3 heteroatoms. The van der Waals surface area contributed by atoms with E-state index in [0.29, 0.717) is 6.04 Å². The molecule has 0 aliphatic heterocycles. The van der Waals surface area contributed by atoms with Gasteiger partial charge in [0.1, 0.15) is 0 Å². The quantitative estimate of drug-likeness (QED) is 0.747. The average molecular weight is 324 g/mol. The molecule has 1 saturated carbocycles. The van der Waals surface area contributed by atoms with Crippen molar-refractivity contribution in [1.82, 2.24) is 4.90 Å². The minimum atomic E-state index is 0.215. The highest BCUT2D eigenvalue weighted by atomic mass is 79.9. The van der Waals surface area contributed by atoms with E-state index in [2.05, 4.69) is 33.8 Å². The molecule has 0 aromatic heterocycles. The van der Waals surface area contributed by atoms with Crippen LogP contribution in [-0.2, 0) is 0 Å². The molecule has 1 aliphatic carbocycles. The molecule has 1 fully saturated rings. The maximum Gasteiger partial charge on any atom is 0.254 e. The number of nitrogens with zero attached hydrogens (tertiary/aromatic N) is 1. The van der Waals surface area contributed by atoms with Gasteiger partial charge in [0.15, 0.2) is 0 Å². The number of rotatable bonds is 5. The molecule has 1 aromatic rings. The summed E-state index contributed by atoms with van der Waals surface area (Å²) in [5, 5.41) is 0.955. The van der Waals surface area contributed by atoms with Crippen LogP contribution in [0.25, 0.3) is 0 Å². The molecule has 0 heterocycles. The van der Waals surface area contributed by atoms with Crippen LogP contribution in [0.4, 0.5) is 0 Å². The van der Waals surface area contributed by atoms with Gasteiger partial charge in [0.2, 0.25) is 0 Å². The Morgan fingerprint density at radius 1 is 1.37 bits per heavy atom. The minimum Gasteiger partial charge on any atom is -0.336 e. The van der Waals surface area contributed by atoms with Gasteiger partial charge in [-0.1, -0.05) is 28.1 Å². The van der Waals surface area contributed by atoms with Crippen molar-refractivity contribution in [1.29, 1.82) is 0 Å². The third-order valence-corrected chi connectivity index (χ3v) is 4.70. The second-order valence-electron chi connectivity index (χ2n) is 5.37. The summed E-state index contributed by atoms with van der Waals surface area (Å²) in [7, 11) is 0. The average Bonchev–Trinajstić information content (AvgIpc) is 2.34. The molecular formula is C16H22BrNO. The van der Waals surface area contributed by atoms with Gasteiger partial charge in [-0.05, 0) is 56.7 Å². The van der Waals surface area contributed by atoms with Gasteiger partial charge in [-0.25, -0.2) is 0 Å². The van der Waals surface area contributed by atoms with E-state index in [0.717, 1.165) is 29.4 Å². The first-order valence-corrected chi connectivity index (χ1v) is 8.20. The summed E-state index contributed by atoms with van der Waals surface area (Å²) in [5.41, 5.74) is 3.19. The van der Waals surface area contributed by atoms with Crippen LogP contribution in [0.3, 0.4) is 0 Å². The van der Waals surface area contributed by atoms with E-state index in [9.17, 15) is 4.79 Å². The standard InChI is InChI=1S/C16H22BrNO/c1-12-6-3-9-15(13(12)2)16(19)18(11-5-10-17)14-7-4-8-14/h3,6,9,14H,4-5,7-8,10-11H2,1-2H3. The van der Waals surface area contributed by atoms with Crippen LogP contribution in [0.15, 0.2) is 18.2 Å². The molecule has 0 atom stereocenters. The molecule has 1 aliphatic rings. The van der Waals surface area contributed by atoms with Crippen LogP contribution in [-0.4, -0.2) is 28.7 Å². The lowest BCUT2D eigenvalue weighted by Crippen LogP contribution is -2.45. The molecular weight excluding hydrogens is 302 g/mol. The molecule has 2 nitrogen and oxygen atoms in total. The molecule has 2 rings (SSSR count). The highest BCUT2D eigenvalue weighted by Crippen LogP contribution is 2.27. The van der Waals surface area contributed by atoms with Crippen LogP contribution in [0.2, 0.25) is 0 Å². The van der Waals surface area contributed by atoms with Crippen LogP contribution in [0.5, 0.6) is 0 Å². The van der Waals surface area contributed by atoms with Gasteiger partial charge in [0.05, 0.1) is 0 Å². The third-order valence-electron chi connectivity index (χ3n) is 4.14. The number of amides is 1. The number of alkyl halides is 1. The van der Waals surface area contributed by atoms with Gasteiger partial charge in [-0.2, -0.15) is 0 Å². The summed E-state index contributed by atoms with van der Waals surface area (Å²) in [5.74, 6) is 0.215. The summed E-state index contributed by atoms with van der Waals surface area (Å²) in [6, 6.07) is 6.48. The van der Waals surface area contributed by atoms with Gasteiger partial charge in [0, 0.05) is 23.5 Å². The summed E-state index contributed by atoms with van der Waals surface area (Å²) < 4.78 is 0. The lowest BCUT2D eigenvalue weighted by Gasteiger charge is -2.38. The number of halogens is 1. The Balaban J connectivity index is 2.20. The maximum absolute atomic E-state index is 12.8. The van der Waals surface area contributed by atoms with Gasteiger partial charge in [0.25, 0.3) is 5.91 Å². The zero-order valence-corrected chi connectivity index (χ0v) is 13.4. The SMILES string of the molecule is Cc1cccc(C(=O)N(CCCBr)C2CCC2)c1C. The summed E-state index contributed by atoms with van der Waals surface area (Å²) in [6.45, 7) is 4.98. The first kappa shape index (κ1) is 14.6. The van der Waals surface area contributed by atoms with Gasteiger partial charge >= 0.3 is 0 Å². The van der Waals surface area contributed by atoms with E-state index < -0.39 is 0 Å². The van der Waals surface area contributed by atoms with Crippen molar-refractivity contribution >= 4 is 21.8 Å². The zero-order valence-electron chi connectivity index (χ0n) is 11.8. The number of carbonyl (C=O) groups excluding carboxylic acids is 1. The first-order chi connectivity index (χ1) is 9.15. The summed E-state index contributed by atoms with van der Waals surface area (Å²) in [4.78, 5) is 14.9. The molecule has 104 valence electrons. The first-order valence-electron chi connectivity index (χ1n) is 7.08. The van der Waals surface area contributed by atoms with Crippen molar-refractivity contribution in [3.8, 4) is 0 Å². The molecule has 0 saturated heterocycles. The van der Waals surface area contributed by atoms with Gasteiger partial charge in [-0.15, -0.1) is 0 Å². The third kappa shape index (κ3) is 3.19. The fourth-order valence-electron chi connectivity index (χ4n) is 2.52.